The Hall–Kier alpha value is -0.600. The predicted molar refractivity (Wildman–Crippen MR) is 152 cm³/mol. The van der Waals surface area contributed by atoms with Crippen molar-refractivity contribution >= 4 is 67.5 Å². The maximum atomic E-state index is 11.9. The second-order valence-corrected chi connectivity index (χ2v) is 11.7. The fourth-order valence-electron chi connectivity index (χ4n) is 2.05. The van der Waals surface area contributed by atoms with E-state index in [1.54, 1.807) is 13.8 Å². The highest BCUT2D eigenvalue weighted by Gasteiger charge is 2.09. The predicted octanol–water partition coefficient (Wildman–Crippen LogP) is 4.02. The van der Waals surface area contributed by atoms with E-state index >= 15 is 0 Å². The molecule has 0 aliphatic rings. The molecule has 0 aromatic carbocycles. The van der Waals surface area contributed by atoms with Crippen molar-refractivity contribution in [2.24, 2.45) is 0 Å². The fourth-order valence-corrected chi connectivity index (χ4v) is 4.67. The van der Waals surface area contributed by atoms with Crippen molar-refractivity contribution in [3.8, 4) is 0 Å². The van der Waals surface area contributed by atoms with E-state index in [2.05, 4.69) is 13.2 Å². The van der Waals surface area contributed by atoms with Gasteiger partial charge in [0.2, 0.25) is 10.2 Å². The molecule has 0 heterocycles. The van der Waals surface area contributed by atoms with Gasteiger partial charge >= 0.3 is 0 Å². The summed E-state index contributed by atoms with van der Waals surface area (Å²) >= 11 is 4.70. The average molecular weight is 583 g/mol. The summed E-state index contributed by atoms with van der Waals surface area (Å²) in [5, 5.41) is -0.103. The molecule has 0 amide bonds. The minimum Gasteiger partial charge on any atom is -0.378 e. The summed E-state index contributed by atoms with van der Waals surface area (Å²) in [5.41, 5.74) is 1.06. The Morgan fingerprint density at radius 3 is 1.06 bits per heavy atom. The molecule has 0 saturated carbocycles. The van der Waals surface area contributed by atoms with Crippen LogP contribution in [-0.2, 0) is 38.1 Å². The van der Waals surface area contributed by atoms with Crippen molar-refractivity contribution in [1.82, 2.24) is 0 Å². The normalized spacial score (nSPS) is 10.8. The zero-order valence-corrected chi connectivity index (χ0v) is 24.5. The number of thioether (sulfide) groups is 4. The smallest absolute Gasteiger partial charge is 0.214 e. The van der Waals surface area contributed by atoms with E-state index in [1.165, 1.54) is 23.5 Å². The summed E-state index contributed by atoms with van der Waals surface area (Å²) in [5.74, 6) is 2.22. The van der Waals surface area contributed by atoms with Gasteiger partial charge in [-0.2, -0.15) is 0 Å². The van der Waals surface area contributed by atoms with Crippen LogP contribution in [0.15, 0.2) is 24.3 Å². The topological polar surface area (TPSA) is 105 Å². The highest BCUT2D eigenvalue weighted by atomic mass is 32.2. The first kappa shape index (κ1) is 35.4. The van der Waals surface area contributed by atoms with Crippen LogP contribution in [0.1, 0.15) is 26.7 Å². The van der Waals surface area contributed by atoms with Crippen LogP contribution in [0.2, 0.25) is 0 Å². The minimum absolute atomic E-state index is 0.0235. The number of carbonyl (C=O) groups is 4. The van der Waals surface area contributed by atoms with E-state index in [0.717, 1.165) is 23.5 Å². The number of hydrogen-bond acceptors (Lipinski definition) is 12. The van der Waals surface area contributed by atoms with Crippen molar-refractivity contribution in [2.45, 2.75) is 26.7 Å². The van der Waals surface area contributed by atoms with Crippen LogP contribution < -0.4 is 0 Å². The Bertz CT molecular complexity index is 642. The molecule has 0 unspecified atom stereocenters. The second kappa shape index (κ2) is 24.7. The Kier molecular flexibility index (Phi) is 24.3. The summed E-state index contributed by atoms with van der Waals surface area (Å²) in [4.78, 5) is 46.4. The van der Waals surface area contributed by atoms with Crippen molar-refractivity contribution in [3.63, 3.8) is 0 Å². The lowest BCUT2D eigenvalue weighted by atomic mass is 10.4. The van der Waals surface area contributed by atoms with E-state index < -0.39 is 0 Å². The van der Waals surface area contributed by atoms with Crippen LogP contribution in [-0.4, -0.2) is 96.3 Å². The highest BCUT2D eigenvalue weighted by molar-refractivity contribution is 8.14. The standard InChI is InChI=1S/C24H38O8S4/c1-19(2)23(27)35-17-13-31-9-7-29-11-15-33-21(25)5-6-22(26)34-16-12-30-8-10-32-14-18-36-24(28)20(3)4/h1,3,5-18H2,2,4H3. The van der Waals surface area contributed by atoms with Crippen LogP contribution >= 0.6 is 47.0 Å². The van der Waals surface area contributed by atoms with E-state index in [9.17, 15) is 19.2 Å². The first-order chi connectivity index (χ1) is 17.2. The Labute approximate surface area is 231 Å². The Morgan fingerprint density at radius 2 is 0.778 bits per heavy atom. The molecule has 8 nitrogen and oxygen atoms in total. The maximum Gasteiger partial charge on any atom is 0.214 e. The lowest BCUT2D eigenvalue weighted by molar-refractivity contribution is -0.115. The number of hydrogen-bond donors (Lipinski definition) is 0. The van der Waals surface area contributed by atoms with Gasteiger partial charge < -0.3 is 18.9 Å². The molecule has 0 saturated heterocycles. The number of carbonyl (C=O) groups excluding carboxylic acids is 4. The molecule has 0 fully saturated rings. The summed E-state index contributed by atoms with van der Waals surface area (Å²) in [7, 11) is 0. The van der Waals surface area contributed by atoms with E-state index in [0.29, 0.717) is 87.0 Å². The number of ether oxygens (including phenoxy) is 4. The molecule has 0 aromatic heterocycles. The van der Waals surface area contributed by atoms with Crippen LogP contribution in [0.4, 0.5) is 0 Å². The van der Waals surface area contributed by atoms with Crippen molar-refractivity contribution in [3.05, 3.63) is 24.3 Å². The summed E-state index contributed by atoms with van der Waals surface area (Å²) < 4.78 is 21.6. The molecule has 0 aliphatic heterocycles. The van der Waals surface area contributed by atoms with Crippen LogP contribution in [0.5, 0.6) is 0 Å². The van der Waals surface area contributed by atoms with Gasteiger partial charge in [0, 0.05) is 35.9 Å². The summed E-state index contributed by atoms with van der Waals surface area (Å²) in [6, 6.07) is 0. The van der Waals surface area contributed by atoms with E-state index in [-0.39, 0.29) is 33.3 Å². The van der Waals surface area contributed by atoms with Crippen LogP contribution in [0.25, 0.3) is 0 Å². The number of rotatable bonds is 23. The van der Waals surface area contributed by atoms with Gasteiger partial charge in [0.25, 0.3) is 0 Å². The van der Waals surface area contributed by atoms with Gasteiger partial charge in [-0.15, -0.1) is 0 Å². The lowest BCUT2D eigenvalue weighted by Gasteiger charge is -2.06. The molecule has 0 aliphatic carbocycles. The SMILES string of the molecule is C=C(C)C(=O)SCCOCCOCCSC(=O)CCC(=O)SCCOCCOCCSC(=O)C(=C)C. The monoisotopic (exact) mass is 582 g/mol. The van der Waals surface area contributed by atoms with Crippen molar-refractivity contribution in [2.75, 3.05) is 75.9 Å². The van der Waals surface area contributed by atoms with Crippen LogP contribution in [0.3, 0.4) is 0 Å². The molecule has 0 atom stereocenters. The van der Waals surface area contributed by atoms with Gasteiger partial charge in [-0.3, -0.25) is 19.2 Å². The quantitative estimate of drug-likeness (QED) is 0.128. The van der Waals surface area contributed by atoms with Gasteiger partial charge in [-0.05, 0) is 25.0 Å². The summed E-state index contributed by atoms with van der Waals surface area (Å²) in [6.07, 6.45) is 0.418. The van der Waals surface area contributed by atoms with Gasteiger partial charge in [-0.25, -0.2) is 0 Å². The van der Waals surface area contributed by atoms with Crippen molar-refractivity contribution < 1.29 is 38.1 Å². The maximum absolute atomic E-state index is 11.9. The van der Waals surface area contributed by atoms with E-state index in [1.807, 2.05) is 0 Å². The molecule has 0 spiro atoms. The van der Waals surface area contributed by atoms with Gasteiger partial charge in [0.15, 0.2) is 10.2 Å². The molecule has 0 rings (SSSR count). The first-order valence-corrected chi connectivity index (χ1v) is 15.5. The largest absolute Gasteiger partial charge is 0.378 e. The lowest BCUT2D eigenvalue weighted by Crippen LogP contribution is -2.10. The average Bonchev–Trinajstić information content (AvgIpc) is 2.84. The highest BCUT2D eigenvalue weighted by Crippen LogP contribution is 2.13. The third-order valence-electron chi connectivity index (χ3n) is 3.88. The molecular formula is C24H38O8S4. The molecule has 0 N–H and O–H groups in total. The molecule has 206 valence electrons. The Balaban J connectivity index is 3.41. The third-order valence-corrected chi connectivity index (χ3v) is 7.63. The van der Waals surface area contributed by atoms with Gasteiger partial charge in [0.05, 0.1) is 52.9 Å². The Morgan fingerprint density at radius 1 is 0.500 bits per heavy atom. The zero-order valence-electron chi connectivity index (χ0n) is 21.2. The third kappa shape index (κ3) is 23.8. The zero-order chi connectivity index (χ0) is 27.0. The van der Waals surface area contributed by atoms with Crippen molar-refractivity contribution in [1.29, 1.82) is 0 Å². The first-order valence-electron chi connectivity index (χ1n) is 11.5. The fraction of sp³-hybridized carbons (Fsp3) is 0.667. The van der Waals surface area contributed by atoms with Gasteiger partial charge in [0.1, 0.15) is 0 Å². The molecule has 12 heteroatoms. The summed E-state index contributed by atoms with van der Waals surface area (Å²) in [6.45, 7) is 14.0. The molecule has 0 radical (unpaired) electrons. The van der Waals surface area contributed by atoms with E-state index in [4.69, 9.17) is 18.9 Å². The second-order valence-electron chi connectivity index (χ2n) is 7.22. The molecule has 0 aromatic rings. The molecule has 0 bridgehead atoms. The molecule has 36 heavy (non-hydrogen) atoms. The van der Waals surface area contributed by atoms with Crippen LogP contribution in [0, 0.1) is 0 Å². The minimum atomic E-state index is -0.0282. The molecular weight excluding hydrogens is 545 g/mol. The van der Waals surface area contributed by atoms with Gasteiger partial charge in [-0.1, -0.05) is 60.2 Å².